The highest BCUT2D eigenvalue weighted by Gasteiger charge is 2.06. The normalized spacial score (nSPS) is 12.2. The van der Waals surface area contributed by atoms with Crippen molar-refractivity contribution >= 4 is 5.91 Å². The molecule has 1 amide bonds. The van der Waals surface area contributed by atoms with Gasteiger partial charge in [0.1, 0.15) is 0 Å². The molecule has 0 unspecified atom stereocenters. The molecule has 0 bridgehead atoms. The monoisotopic (exact) mass is 194 g/mol. The minimum atomic E-state index is -0.531. The third kappa shape index (κ3) is 3.14. The van der Waals surface area contributed by atoms with Crippen LogP contribution in [-0.4, -0.2) is 28.6 Å². The summed E-state index contributed by atoms with van der Waals surface area (Å²) in [4.78, 5) is 15.3. The lowest BCUT2D eigenvalue weighted by Gasteiger charge is -2.06. The molecule has 0 radical (unpaired) electrons. The van der Waals surface area contributed by atoms with Crippen LogP contribution in [0.1, 0.15) is 22.8 Å². The first-order chi connectivity index (χ1) is 6.59. The van der Waals surface area contributed by atoms with Gasteiger partial charge in [0.15, 0.2) is 0 Å². The number of nitrogens with one attached hydrogen (secondary N) is 1. The number of nitrogens with zero attached hydrogens (tertiary/aromatic N) is 1. The second kappa shape index (κ2) is 4.72. The molecule has 1 atom stereocenters. The molecule has 0 saturated carbocycles. The summed E-state index contributed by atoms with van der Waals surface area (Å²) in [7, 11) is 0. The highest BCUT2D eigenvalue weighted by atomic mass is 16.3. The zero-order chi connectivity index (χ0) is 10.6. The Hall–Kier alpha value is -1.42. The lowest BCUT2D eigenvalue weighted by atomic mass is 10.2. The van der Waals surface area contributed by atoms with Crippen LogP contribution >= 0.6 is 0 Å². The quantitative estimate of drug-likeness (QED) is 0.736. The maximum Gasteiger partial charge on any atom is 0.252 e. The van der Waals surface area contributed by atoms with Crippen LogP contribution in [0.15, 0.2) is 18.5 Å². The number of carbonyl (C=O) groups excluding carboxylic acids is 1. The summed E-state index contributed by atoms with van der Waals surface area (Å²) >= 11 is 0. The number of hydrogen-bond donors (Lipinski definition) is 2. The van der Waals surface area contributed by atoms with E-state index in [1.165, 1.54) is 6.20 Å². The van der Waals surface area contributed by atoms with Gasteiger partial charge in [-0.1, -0.05) is 0 Å². The molecule has 0 aliphatic rings. The first-order valence-corrected chi connectivity index (χ1v) is 4.47. The molecule has 0 saturated heterocycles. The molecule has 0 spiro atoms. The third-order valence-electron chi connectivity index (χ3n) is 1.70. The van der Waals surface area contributed by atoms with Crippen LogP contribution in [-0.2, 0) is 0 Å². The van der Waals surface area contributed by atoms with Gasteiger partial charge in [0.25, 0.3) is 5.91 Å². The van der Waals surface area contributed by atoms with Crippen LogP contribution in [0.25, 0.3) is 0 Å². The molecule has 1 aromatic heterocycles. The second-order valence-electron chi connectivity index (χ2n) is 3.31. The SMILES string of the molecule is Cc1cncc(C(=O)NC[C@@H](C)O)c1. The van der Waals surface area contributed by atoms with Gasteiger partial charge < -0.3 is 10.4 Å². The molecule has 0 aromatic carbocycles. The average molecular weight is 194 g/mol. The van der Waals surface area contributed by atoms with Crippen molar-refractivity contribution in [3.8, 4) is 0 Å². The molecular formula is C10H14N2O2. The Bertz CT molecular complexity index is 324. The zero-order valence-corrected chi connectivity index (χ0v) is 8.32. The van der Waals surface area contributed by atoms with Crippen molar-refractivity contribution in [3.05, 3.63) is 29.6 Å². The fourth-order valence-corrected chi connectivity index (χ4v) is 1.02. The molecule has 1 heterocycles. The Morgan fingerprint density at radius 3 is 2.93 bits per heavy atom. The van der Waals surface area contributed by atoms with E-state index in [-0.39, 0.29) is 12.5 Å². The van der Waals surface area contributed by atoms with Crippen molar-refractivity contribution < 1.29 is 9.90 Å². The average Bonchev–Trinajstić information content (AvgIpc) is 2.14. The van der Waals surface area contributed by atoms with E-state index in [4.69, 9.17) is 5.11 Å². The predicted molar refractivity (Wildman–Crippen MR) is 53.0 cm³/mol. The topological polar surface area (TPSA) is 62.2 Å². The van der Waals surface area contributed by atoms with Gasteiger partial charge in [0.05, 0.1) is 11.7 Å². The number of amides is 1. The summed E-state index contributed by atoms with van der Waals surface area (Å²) in [5.41, 5.74) is 1.46. The number of carbonyl (C=O) groups is 1. The minimum Gasteiger partial charge on any atom is -0.392 e. The predicted octanol–water partition coefficient (Wildman–Crippen LogP) is 0.501. The lowest BCUT2D eigenvalue weighted by molar-refractivity contribution is 0.0923. The molecule has 4 nitrogen and oxygen atoms in total. The zero-order valence-electron chi connectivity index (χ0n) is 8.32. The van der Waals surface area contributed by atoms with Crippen molar-refractivity contribution in [1.29, 1.82) is 0 Å². The first kappa shape index (κ1) is 10.7. The Morgan fingerprint density at radius 1 is 1.64 bits per heavy atom. The molecule has 0 aliphatic heterocycles. The van der Waals surface area contributed by atoms with Gasteiger partial charge in [-0.2, -0.15) is 0 Å². The molecule has 1 aromatic rings. The highest BCUT2D eigenvalue weighted by molar-refractivity contribution is 5.93. The number of aryl methyl sites for hydroxylation is 1. The van der Waals surface area contributed by atoms with Crippen LogP contribution in [0.3, 0.4) is 0 Å². The smallest absolute Gasteiger partial charge is 0.252 e. The Kier molecular flexibility index (Phi) is 3.59. The fourth-order valence-electron chi connectivity index (χ4n) is 1.02. The Balaban J connectivity index is 2.61. The molecule has 4 heteroatoms. The van der Waals surface area contributed by atoms with E-state index in [1.807, 2.05) is 6.92 Å². The van der Waals surface area contributed by atoms with Crippen LogP contribution in [0.2, 0.25) is 0 Å². The molecule has 2 N–H and O–H groups in total. The van der Waals surface area contributed by atoms with Crippen LogP contribution in [0, 0.1) is 6.92 Å². The van der Waals surface area contributed by atoms with E-state index in [1.54, 1.807) is 19.2 Å². The van der Waals surface area contributed by atoms with E-state index >= 15 is 0 Å². The number of rotatable bonds is 3. The molecule has 14 heavy (non-hydrogen) atoms. The standard InChI is InChI=1S/C10H14N2O2/c1-7-3-9(6-11-4-7)10(14)12-5-8(2)13/h3-4,6,8,13H,5H2,1-2H3,(H,12,14)/t8-/m1/s1. The summed E-state index contributed by atoms with van der Waals surface area (Å²) in [5.74, 6) is -0.206. The van der Waals surface area contributed by atoms with Crippen molar-refractivity contribution in [1.82, 2.24) is 10.3 Å². The number of aliphatic hydroxyl groups excluding tert-OH is 1. The molecule has 76 valence electrons. The van der Waals surface area contributed by atoms with Gasteiger partial charge in [-0.15, -0.1) is 0 Å². The summed E-state index contributed by atoms with van der Waals surface area (Å²) in [6, 6.07) is 1.75. The van der Waals surface area contributed by atoms with E-state index in [0.29, 0.717) is 5.56 Å². The van der Waals surface area contributed by atoms with Crippen molar-refractivity contribution in [2.75, 3.05) is 6.54 Å². The summed E-state index contributed by atoms with van der Waals surface area (Å²) in [6.45, 7) is 3.75. The maximum atomic E-state index is 11.4. The summed E-state index contributed by atoms with van der Waals surface area (Å²) in [5, 5.41) is 11.6. The van der Waals surface area contributed by atoms with Gasteiger partial charge in [0.2, 0.25) is 0 Å². The van der Waals surface area contributed by atoms with Gasteiger partial charge in [-0.05, 0) is 25.5 Å². The molecule has 0 aliphatic carbocycles. The van der Waals surface area contributed by atoms with E-state index in [2.05, 4.69) is 10.3 Å². The van der Waals surface area contributed by atoms with Crippen LogP contribution in [0.5, 0.6) is 0 Å². The van der Waals surface area contributed by atoms with E-state index < -0.39 is 6.10 Å². The van der Waals surface area contributed by atoms with E-state index in [9.17, 15) is 4.79 Å². The van der Waals surface area contributed by atoms with Crippen molar-refractivity contribution in [2.45, 2.75) is 20.0 Å². The van der Waals surface area contributed by atoms with E-state index in [0.717, 1.165) is 5.56 Å². The van der Waals surface area contributed by atoms with Crippen LogP contribution in [0.4, 0.5) is 0 Å². The Morgan fingerprint density at radius 2 is 2.36 bits per heavy atom. The third-order valence-corrected chi connectivity index (χ3v) is 1.70. The maximum absolute atomic E-state index is 11.4. The number of aromatic nitrogens is 1. The van der Waals surface area contributed by atoms with Gasteiger partial charge >= 0.3 is 0 Å². The summed E-state index contributed by atoms with van der Waals surface area (Å²) in [6.07, 6.45) is 2.66. The molecular weight excluding hydrogens is 180 g/mol. The highest BCUT2D eigenvalue weighted by Crippen LogP contribution is 2.00. The fraction of sp³-hybridized carbons (Fsp3) is 0.400. The van der Waals surface area contributed by atoms with Gasteiger partial charge in [0, 0.05) is 18.9 Å². The van der Waals surface area contributed by atoms with Crippen molar-refractivity contribution in [2.24, 2.45) is 0 Å². The first-order valence-electron chi connectivity index (χ1n) is 4.47. The number of aliphatic hydroxyl groups is 1. The Labute approximate surface area is 83.0 Å². The van der Waals surface area contributed by atoms with Crippen molar-refractivity contribution in [3.63, 3.8) is 0 Å². The molecule has 1 rings (SSSR count). The minimum absolute atomic E-state index is 0.206. The number of pyridine rings is 1. The lowest BCUT2D eigenvalue weighted by Crippen LogP contribution is -2.30. The molecule has 0 fully saturated rings. The second-order valence-corrected chi connectivity index (χ2v) is 3.31. The van der Waals surface area contributed by atoms with Gasteiger partial charge in [-0.25, -0.2) is 0 Å². The van der Waals surface area contributed by atoms with Crippen LogP contribution < -0.4 is 5.32 Å². The largest absolute Gasteiger partial charge is 0.392 e. The summed E-state index contributed by atoms with van der Waals surface area (Å²) < 4.78 is 0. The van der Waals surface area contributed by atoms with Gasteiger partial charge in [-0.3, -0.25) is 9.78 Å². The number of hydrogen-bond acceptors (Lipinski definition) is 3.